The first kappa shape index (κ1) is 14.3. The van der Waals surface area contributed by atoms with Crippen molar-refractivity contribution in [3.8, 4) is 0 Å². The molecule has 0 amide bonds. The largest absolute Gasteiger partial charge is 0.480 e. The van der Waals surface area contributed by atoms with Crippen molar-refractivity contribution in [3.05, 3.63) is 0 Å². The van der Waals surface area contributed by atoms with Gasteiger partial charge in [0.25, 0.3) is 0 Å². The van der Waals surface area contributed by atoms with Gasteiger partial charge in [0, 0.05) is 13.2 Å². The molecule has 0 fully saturated rings. The predicted molar refractivity (Wildman–Crippen MR) is 59.1 cm³/mol. The van der Waals surface area contributed by atoms with E-state index >= 15 is 0 Å². The normalized spacial score (nSPS) is 13.1. The van der Waals surface area contributed by atoms with Crippen LogP contribution in [0.1, 0.15) is 13.3 Å². The van der Waals surface area contributed by atoms with Crippen molar-refractivity contribution in [2.45, 2.75) is 19.4 Å². The zero-order valence-electron chi connectivity index (χ0n) is 9.82. The Bertz CT molecular complexity index is 176. The number of ether oxygens (including phenoxy) is 1. The summed E-state index contributed by atoms with van der Waals surface area (Å²) in [5.41, 5.74) is 0. The van der Waals surface area contributed by atoms with Crippen molar-refractivity contribution in [1.29, 1.82) is 0 Å². The summed E-state index contributed by atoms with van der Waals surface area (Å²) in [5.74, 6) is -0.796. The molecule has 0 bridgehead atoms. The number of likely N-dealkylation sites (N-methyl/N-ethyl adjacent to an activating group) is 2. The Morgan fingerprint density at radius 1 is 1.53 bits per heavy atom. The van der Waals surface area contributed by atoms with Crippen LogP contribution in [-0.4, -0.2) is 62.4 Å². The molecule has 0 aromatic carbocycles. The lowest BCUT2D eigenvalue weighted by molar-refractivity contribution is -0.139. The standard InChI is InChI=1S/C10H22N2O3/c1-4-15-8-7-12(3)6-5-9(11-2)10(13)14/h9,11H,4-8H2,1-3H3,(H,13,14). The molecule has 5 heteroatoms. The second-order valence-electron chi connectivity index (χ2n) is 3.47. The van der Waals surface area contributed by atoms with Gasteiger partial charge < -0.3 is 20.1 Å². The quantitative estimate of drug-likeness (QED) is 0.534. The lowest BCUT2D eigenvalue weighted by Crippen LogP contribution is -2.37. The minimum absolute atomic E-state index is 0.459. The monoisotopic (exact) mass is 218 g/mol. The van der Waals surface area contributed by atoms with Gasteiger partial charge in [0.15, 0.2) is 0 Å². The summed E-state index contributed by atoms with van der Waals surface area (Å²) < 4.78 is 5.21. The van der Waals surface area contributed by atoms with Crippen molar-refractivity contribution in [1.82, 2.24) is 10.2 Å². The molecule has 0 saturated carbocycles. The van der Waals surface area contributed by atoms with Gasteiger partial charge >= 0.3 is 5.97 Å². The molecule has 90 valence electrons. The van der Waals surface area contributed by atoms with Gasteiger partial charge in [-0.1, -0.05) is 0 Å². The van der Waals surface area contributed by atoms with E-state index in [4.69, 9.17) is 9.84 Å². The number of hydrogen-bond acceptors (Lipinski definition) is 4. The molecule has 0 rings (SSSR count). The highest BCUT2D eigenvalue weighted by Crippen LogP contribution is 1.94. The van der Waals surface area contributed by atoms with Crippen LogP contribution < -0.4 is 5.32 Å². The average Bonchev–Trinajstić information content (AvgIpc) is 2.18. The number of carbonyl (C=O) groups is 1. The Morgan fingerprint density at radius 2 is 2.20 bits per heavy atom. The SMILES string of the molecule is CCOCCN(C)CCC(NC)C(=O)O. The third kappa shape index (κ3) is 7.30. The van der Waals surface area contributed by atoms with Crippen LogP contribution in [0.15, 0.2) is 0 Å². The zero-order chi connectivity index (χ0) is 11.7. The minimum Gasteiger partial charge on any atom is -0.480 e. The summed E-state index contributed by atoms with van der Waals surface area (Å²) in [7, 11) is 3.63. The molecule has 0 heterocycles. The van der Waals surface area contributed by atoms with E-state index in [-0.39, 0.29) is 0 Å². The Labute approximate surface area is 91.4 Å². The van der Waals surface area contributed by atoms with Gasteiger partial charge in [0.2, 0.25) is 0 Å². The van der Waals surface area contributed by atoms with Crippen LogP contribution in [0, 0.1) is 0 Å². The maximum Gasteiger partial charge on any atom is 0.320 e. The van der Waals surface area contributed by atoms with E-state index in [0.29, 0.717) is 13.0 Å². The molecular formula is C10H22N2O3. The summed E-state index contributed by atoms with van der Waals surface area (Å²) in [6.07, 6.45) is 0.606. The Balaban J connectivity index is 3.59. The summed E-state index contributed by atoms with van der Waals surface area (Å²) >= 11 is 0. The van der Waals surface area contributed by atoms with E-state index in [9.17, 15) is 4.79 Å². The van der Waals surface area contributed by atoms with Gasteiger partial charge in [-0.05, 0) is 34.0 Å². The van der Waals surface area contributed by atoms with Crippen LogP contribution in [0.4, 0.5) is 0 Å². The first-order chi connectivity index (χ1) is 7.11. The van der Waals surface area contributed by atoms with Crippen LogP contribution in [0.2, 0.25) is 0 Å². The molecule has 0 aliphatic heterocycles. The number of hydrogen-bond donors (Lipinski definition) is 2. The van der Waals surface area contributed by atoms with Gasteiger partial charge in [0.1, 0.15) is 6.04 Å². The maximum atomic E-state index is 10.7. The number of nitrogens with zero attached hydrogens (tertiary/aromatic N) is 1. The van der Waals surface area contributed by atoms with Gasteiger partial charge in [0.05, 0.1) is 6.61 Å². The molecule has 0 spiro atoms. The summed E-state index contributed by atoms with van der Waals surface area (Å²) in [5, 5.41) is 11.6. The molecule has 0 aliphatic rings. The number of rotatable bonds is 9. The second-order valence-corrected chi connectivity index (χ2v) is 3.47. The summed E-state index contributed by atoms with van der Waals surface area (Å²) in [4.78, 5) is 12.8. The lowest BCUT2D eigenvalue weighted by atomic mass is 10.2. The van der Waals surface area contributed by atoms with Crippen molar-refractivity contribution in [3.63, 3.8) is 0 Å². The summed E-state index contributed by atoms with van der Waals surface area (Å²) in [6, 6.07) is -0.459. The molecule has 0 aromatic heterocycles. The van der Waals surface area contributed by atoms with Crippen LogP contribution in [-0.2, 0) is 9.53 Å². The van der Waals surface area contributed by atoms with E-state index in [1.807, 2.05) is 14.0 Å². The van der Waals surface area contributed by atoms with E-state index in [0.717, 1.165) is 19.7 Å². The third-order valence-corrected chi connectivity index (χ3v) is 2.27. The fraction of sp³-hybridized carbons (Fsp3) is 0.900. The second kappa shape index (κ2) is 8.64. The fourth-order valence-corrected chi connectivity index (χ4v) is 1.22. The maximum absolute atomic E-state index is 10.7. The molecule has 0 aliphatic carbocycles. The van der Waals surface area contributed by atoms with Crippen LogP contribution >= 0.6 is 0 Å². The highest BCUT2D eigenvalue weighted by Gasteiger charge is 2.14. The van der Waals surface area contributed by atoms with Crippen molar-refractivity contribution in [2.75, 3.05) is 40.4 Å². The molecule has 1 unspecified atom stereocenters. The predicted octanol–water partition coefficient (Wildman–Crippen LogP) is 0.0174. The molecule has 2 N–H and O–H groups in total. The Hall–Kier alpha value is -0.650. The smallest absolute Gasteiger partial charge is 0.320 e. The summed E-state index contributed by atoms with van der Waals surface area (Å²) in [6.45, 7) is 4.97. The zero-order valence-corrected chi connectivity index (χ0v) is 9.82. The molecule has 15 heavy (non-hydrogen) atoms. The van der Waals surface area contributed by atoms with E-state index in [2.05, 4.69) is 10.2 Å². The Kier molecular flexibility index (Phi) is 8.27. The van der Waals surface area contributed by atoms with Gasteiger partial charge in [-0.25, -0.2) is 0 Å². The molecule has 0 radical (unpaired) electrons. The molecule has 1 atom stereocenters. The van der Waals surface area contributed by atoms with Crippen molar-refractivity contribution >= 4 is 5.97 Å². The van der Waals surface area contributed by atoms with Crippen LogP contribution in [0.5, 0.6) is 0 Å². The first-order valence-electron chi connectivity index (χ1n) is 5.28. The molecule has 0 aromatic rings. The molecule has 0 saturated heterocycles. The van der Waals surface area contributed by atoms with E-state index < -0.39 is 12.0 Å². The lowest BCUT2D eigenvalue weighted by Gasteiger charge is -2.18. The minimum atomic E-state index is -0.796. The average molecular weight is 218 g/mol. The van der Waals surface area contributed by atoms with Crippen LogP contribution in [0.25, 0.3) is 0 Å². The van der Waals surface area contributed by atoms with Crippen molar-refractivity contribution in [2.24, 2.45) is 0 Å². The van der Waals surface area contributed by atoms with Crippen LogP contribution in [0.3, 0.4) is 0 Å². The highest BCUT2D eigenvalue weighted by molar-refractivity contribution is 5.73. The molecular weight excluding hydrogens is 196 g/mol. The number of carboxylic acid groups (broad SMARTS) is 1. The highest BCUT2D eigenvalue weighted by atomic mass is 16.5. The van der Waals surface area contributed by atoms with Gasteiger partial charge in [-0.15, -0.1) is 0 Å². The van der Waals surface area contributed by atoms with Crippen molar-refractivity contribution < 1.29 is 14.6 Å². The van der Waals surface area contributed by atoms with Gasteiger partial charge in [-0.3, -0.25) is 4.79 Å². The number of aliphatic carboxylic acids is 1. The number of nitrogens with one attached hydrogen (secondary N) is 1. The molecule has 5 nitrogen and oxygen atoms in total. The Morgan fingerprint density at radius 3 is 2.67 bits per heavy atom. The third-order valence-electron chi connectivity index (χ3n) is 2.27. The van der Waals surface area contributed by atoms with E-state index in [1.165, 1.54) is 0 Å². The van der Waals surface area contributed by atoms with E-state index in [1.54, 1.807) is 7.05 Å². The topological polar surface area (TPSA) is 61.8 Å². The fourth-order valence-electron chi connectivity index (χ4n) is 1.22. The van der Waals surface area contributed by atoms with Gasteiger partial charge in [-0.2, -0.15) is 0 Å². The number of carboxylic acids is 1. The first-order valence-corrected chi connectivity index (χ1v) is 5.28.